The molecule has 1 aliphatic heterocycles. The monoisotopic (exact) mass is 410 g/mol. The molecule has 7 heteroatoms. The van der Waals surface area contributed by atoms with Gasteiger partial charge in [0.25, 0.3) is 5.91 Å². The molecule has 2 aromatic carbocycles. The van der Waals surface area contributed by atoms with Crippen molar-refractivity contribution in [1.29, 1.82) is 0 Å². The van der Waals surface area contributed by atoms with Crippen molar-refractivity contribution in [1.82, 2.24) is 10.0 Å². The molecule has 0 radical (unpaired) electrons. The highest BCUT2D eigenvalue weighted by Crippen LogP contribution is 2.19. The maximum absolute atomic E-state index is 12.5. The summed E-state index contributed by atoms with van der Waals surface area (Å²) in [5, 5.41) is 10.3. The summed E-state index contributed by atoms with van der Waals surface area (Å²) in [6.07, 6.45) is 4.44. The number of amides is 1. The highest BCUT2D eigenvalue weighted by Gasteiger charge is 2.16. The molecular formula is C23H26N2O5. The number of benzene rings is 2. The van der Waals surface area contributed by atoms with E-state index in [1.54, 1.807) is 6.07 Å². The number of aliphatic hydroxyl groups is 1. The summed E-state index contributed by atoms with van der Waals surface area (Å²) in [4.78, 5) is 17.9. The Bertz CT molecular complexity index is 994. The number of rotatable bonds is 8. The van der Waals surface area contributed by atoms with E-state index in [2.05, 4.69) is 5.48 Å². The van der Waals surface area contributed by atoms with Gasteiger partial charge in [-0.3, -0.25) is 4.79 Å². The van der Waals surface area contributed by atoms with E-state index in [0.717, 1.165) is 41.5 Å². The minimum absolute atomic E-state index is 0.0130. The number of carbonyl (C=O) groups is 1. The third-order valence-corrected chi connectivity index (χ3v) is 5.14. The van der Waals surface area contributed by atoms with Crippen molar-refractivity contribution in [2.75, 3.05) is 13.2 Å². The van der Waals surface area contributed by atoms with Crippen LogP contribution in [-0.4, -0.2) is 35.1 Å². The van der Waals surface area contributed by atoms with Crippen LogP contribution in [0.2, 0.25) is 0 Å². The van der Waals surface area contributed by atoms with Crippen LogP contribution in [-0.2, 0) is 22.7 Å². The van der Waals surface area contributed by atoms with E-state index >= 15 is 0 Å². The van der Waals surface area contributed by atoms with Crippen LogP contribution in [0.4, 0.5) is 0 Å². The number of aromatic nitrogens is 1. The molecule has 158 valence electrons. The van der Waals surface area contributed by atoms with Gasteiger partial charge in [-0.1, -0.05) is 18.2 Å². The number of hydrogen-bond donors (Lipinski definition) is 2. The van der Waals surface area contributed by atoms with Crippen LogP contribution in [0.3, 0.4) is 0 Å². The minimum Gasteiger partial charge on any atom is -0.492 e. The number of fused-ring (bicyclic) bond motifs is 1. The Kier molecular flexibility index (Phi) is 6.63. The Labute approximate surface area is 175 Å². The first kappa shape index (κ1) is 20.4. The van der Waals surface area contributed by atoms with Crippen LogP contribution in [0, 0.1) is 0 Å². The van der Waals surface area contributed by atoms with E-state index in [4.69, 9.17) is 14.3 Å². The molecular weight excluding hydrogens is 384 g/mol. The summed E-state index contributed by atoms with van der Waals surface area (Å²) in [7, 11) is 0. The van der Waals surface area contributed by atoms with Crippen LogP contribution in [0.5, 0.6) is 5.75 Å². The van der Waals surface area contributed by atoms with E-state index in [0.29, 0.717) is 25.3 Å². The van der Waals surface area contributed by atoms with Gasteiger partial charge in [-0.05, 0) is 54.1 Å². The number of ether oxygens (including phenoxy) is 2. The van der Waals surface area contributed by atoms with E-state index in [1.165, 1.54) is 0 Å². The smallest absolute Gasteiger partial charge is 0.275 e. The number of nitrogens with zero attached hydrogens (tertiary/aromatic N) is 1. The number of hydrogen-bond acceptors (Lipinski definition) is 5. The lowest BCUT2D eigenvalue weighted by Crippen LogP contribution is -2.33. The fourth-order valence-corrected chi connectivity index (χ4v) is 3.50. The van der Waals surface area contributed by atoms with Crippen molar-refractivity contribution in [2.24, 2.45) is 0 Å². The molecule has 0 aliphatic carbocycles. The highest BCUT2D eigenvalue weighted by atomic mass is 16.8. The fraction of sp³-hybridized carbons (Fsp3) is 0.348. The summed E-state index contributed by atoms with van der Waals surface area (Å²) < 4.78 is 13.3. The lowest BCUT2D eigenvalue weighted by Gasteiger charge is -2.22. The van der Waals surface area contributed by atoms with Crippen LogP contribution in [0.15, 0.2) is 54.7 Å². The van der Waals surface area contributed by atoms with Crippen molar-refractivity contribution in [3.05, 3.63) is 65.9 Å². The minimum atomic E-state index is -0.378. The summed E-state index contributed by atoms with van der Waals surface area (Å²) in [5.41, 5.74) is 4.79. The first-order valence-electron chi connectivity index (χ1n) is 10.2. The third-order valence-electron chi connectivity index (χ3n) is 5.14. The van der Waals surface area contributed by atoms with Gasteiger partial charge in [0.1, 0.15) is 12.4 Å². The van der Waals surface area contributed by atoms with Crippen molar-refractivity contribution in [2.45, 2.75) is 38.7 Å². The average Bonchev–Trinajstić information content (AvgIpc) is 3.20. The second-order valence-corrected chi connectivity index (χ2v) is 7.28. The van der Waals surface area contributed by atoms with E-state index < -0.39 is 0 Å². The largest absolute Gasteiger partial charge is 0.492 e. The predicted octanol–water partition coefficient (Wildman–Crippen LogP) is 3.40. The zero-order valence-corrected chi connectivity index (χ0v) is 16.8. The molecule has 1 saturated heterocycles. The molecule has 0 spiro atoms. The molecule has 1 atom stereocenters. The second-order valence-electron chi connectivity index (χ2n) is 7.28. The molecule has 4 rings (SSSR count). The van der Waals surface area contributed by atoms with Crippen LogP contribution < -0.4 is 10.2 Å². The van der Waals surface area contributed by atoms with Gasteiger partial charge in [0.15, 0.2) is 6.29 Å². The molecule has 2 N–H and O–H groups in total. The summed E-state index contributed by atoms with van der Waals surface area (Å²) in [6, 6.07) is 15.0. The molecule has 30 heavy (non-hydrogen) atoms. The van der Waals surface area contributed by atoms with Crippen molar-refractivity contribution in [3.8, 4) is 5.75 Å². The van der Waals surface area contributed by atoms with Gasteiger partial charge >= 0.3 is 0 Å². The van der Waals surface area contributed by atoms with Crippen molar-refractivity contribution >= 4 is 16.8 Å². The summed E-state index contributed by atoms with van der Waals surface area (Å²) in [6.45, 7) is 1.74. The highest BCUT2D eigenvalue weighted by molar-refractivity contribution is 5.97. The molecule has 2 heterocycles. The van der Waals surface area contributed by atoms with E-state index in [-0.39, 0.29) is 18.8 Å². The standard InChI is InChI=1S/C23H26N2O5/c26-16-17-4-3-5-20(14-17)28-13-11-25-10-9-18-7-8-19(15-21(18)25)23(27)24-30-22-6-1-2-12-29-22/h3-5,7-10,14-15,22,26H,1-2,6,11-13,16H2,(H,24,27). The molecule has 1 aromatic heterocycles. The lowest BCUT2D eigenvalue weighted by atomic mass is 10.1. The van der Waals surface area contributed by atoms with Gasteiger partial charge in [0, 0.05) is 30.3 Å². The lowest BCUT2D eigenvalue weighted by molar-refractivity contribution is -0.186. The Morgan fingerprint density at radius 2 is 2.13 bits per heavy atom. The van der Waals surface area contributed by atoms with Crippen molar-refractivity contribution < 1.29 is 24.2 Å². The first-order valence-corrected chi connectivity index (χ1v) is 10.2. The van der Waals surface area contributed by atoms with Gasteiger partial charge in [-0.15, -0.1) is 0 Å². The molecule has 7 nitrogen and oxygen atoms in total. The molecule has 1 fully saturated rings. The third kappa shape index (κ3) is 4.99. The van der Waals surface area contributed by atoms with Gasteiger partial charge in [-0.25, -0.2) is 10.3 Å². The molecule has 3 aromatic rings. The molecule has 1 unspecified atom stereocenters. The zero-order valence-electron chi connectivity index (χ0n) is 16.8. The number of nitrogens with one attached hydrogen (secondary N) is 1. The normalized spacial score (nSPS) is 16.5. The van der Waals surface area contributed by atoms with Gasteiger partial charge < -0.3 is 19.1 Å². The number of carbonyl (C=O) groups excluding carboxylic acids is 1. The maximum atomic E-state index is 12.5. The quantitative estimate of drug-likeness (QED) is 0.556. The van der Waals surface area contributed by atoms with Crippen LogP contribution in [0.1, 0.15) is 35.2 Å². The zero-order chi connectivity index (χ0) is 20.8. The van der Waals surface area contributed by atoms with Gasteiger partial charge in [-0.2, -0.15) is 0 Å². The Hall–Kier alpha value is -2.87. The first-order chi connectivity index (χ1) is 14.7. The average molecular weight is 410 g/mol. The molecule has 0 bridgehead atoms. The number of hydroxylamine groups is 1. The van der Waals surface area contributed by atoms with E-state index in [1.807, 2.05) is 53.2 Å². The molecule has 1 aliphatic rings. The fourth-order valence-electron chi connectivity index (χ4n) is 3.50. The summed E-state index contributed by atoms with van der Waals surface area (Å²) in [5.74, 6) is 0.427. The topological polar surface area (TPSA) is 82.0 Å². The molecule has 0 saturated carbocycles. The summed E-state index contributed by atoms with van der Waals surface area (Å²) >= 11 is 0. The molecule has 1 amide bonds. The van der Waals surface area contributed by atoms with Crippen LogP contribution in [0.25, 0.3) is 10.9 Å². The number of aliphatic hydroxyl groups excluding tert-OH is 1. The SMILES string of the molecule is O=C(NOC1CCCCO1)c1ccc2ccn(CCOc3cccc(CO)c3)c2c1. The Morgan fingerprint density at radius 1 is 1.20 bits per heavy atom. The van der Waals surface area contributed by atoms with Crippen molar-refractivity contribution in [3.63, 3.8) is 0 Å². The van der Waals surface area contributed by atoms with E-state index in [9.17, 15) is 9.90 Å². The van der Waals surface area contributed by atoms with Gasteiger partial charge in [0.2, 0.25) is 0 Å². The second kappa shape index (κ2) is 9.75. The Balaban J connectivity index is 1.37. The van der Waals surface area contributed by atoms with Crippen LogP contribution >= 0.6 is 0 Å². The Morgan fingerprint density at radius 3 is 2.97 bits per heavy atom. The maximum Gasteiger partial charge on any atom is 0.275 e. The van der Waals surface area contributed by atoms with Gasteiger partial charge in [0.05, 0.1) is 13.2 Å². The predicted molar refractivity (Wildman–Crippen MR) is 112 cm³/mol.